The summed E-state index contributed by atoms with van der Waals surface area (Å²) in [5.41, 5.74) is 1.11. The van der Waals surface area contributed by atoms with Crippen molar-refractivity contribution in [1.29, 1.82) is 0 Å². The van der Waals surface area contributed by atoms with Crippen LogP contribution in [0.2, 0.25) is 5.02 Å². The van der Waals surface area contributed by atoms with Crippen molar-refractivity contribution in [3.63, 3.8) is 0 Å². The van der Waals surface area contributed by atoms with Crippen LogP contribution in [0.4, 0.5) is 0 Å². The third kappa shape index (κ3) is 2.17. The molecule has 0 spiro atoms. The van der Waals surface area contributed by atoms with Gasteiger partial charge in [-0.2, -0.15) is 12.6 Å². The zero-order valence-electron chi connectivity index (χ0n) is 9.90. The third-order valence-electron chi connectivity index (χ3n) is 3.51. The number of rotatable bonds is 4. The Labute approximate surface area is 117 Å². The predicted molar refractivity (Wildman–Crippen MR) is 77.8 cm³/mol. The lowest BCUT2D eigenvalue weighted by molar-refractivity contribution is 0.253. The first kappa shape index (κ1) is 12.1. The van der Waals surface area contributed by atoms with Gasteiger partial charge in [-0.05, 0) is 42.9 Å². The lowest BCUT2D eigenvalue weighted by atomic mass is 10.1. The van der Waals surface area contributed by atoms with Crippen molar-refractivity contribution in [1.82, 2.24) is 4.98 Å². The molecule has 1 fully saturated rings. The number of halogens is 1. The SMILES string of the molecule is SCC1(COc2ccc(Cl)c3cccnc23)CC1. The van der Waals surface area contributed by atoms with Crippen molar-refractivity contribution in [3.05, 3.63) is 35.5 Å². The summed E-state index contributed by atoms with van der Waals surface area (Å²) in [6.07, 6.45) is 4.17. The van der Waals surface area contributed by atoms with Crippen LogP contribution < -0.4 is 4.74 Å². The molecule has 2 aromatic rings. The van der Waals surface area contributed by atoms with E-state index in [-0.39, 0.29) is 5.41 Å². The van der Waals surface area contributed by atoms with Gasteiger partial charge in [0.1, 0.15) is 11.3 Å². The van der Waals surface area contributed by atoms with Gasteiger partial charge in [0, 0.05) is 17.0 Å². The topological polar surface area (TPSA) is 22.1 Å². The van der Waals surface area contributed by atoms with E-state index in [9.17, 15) is 0 Å². The fourth-order valence-corrected chi connectivity index (χ4v) is 2.61. The fraction of sp³-hybridized carbons (Fsp3) is 0.357. The highest BCUT2D eigenvalue weighted by atomic mass is 35.5. The van der Waals surface area contributed by atoms with Crippen LogP contribution in [0.3, 0.4) is 0 Å². The van der Waals surface area contributed by atoms with Crippen LogP contribution in [0.25, 0.3) is 10.9 Å². The molecule has 0 atom stereocenters. The van der Waals surface area contributed by atoms with E-state index in [1.807, 2.05) is 24.3 Å². The van der Waals surface area contributed by atoms with E-state index in [0.29, 0.717) is 11.6 Å². The summed E-state index contributed by atoms with van der Waals surface area (Å²) in [6.45, 7) is 0.712. The minimum atomic E-state index is 0.282. The average molecular weight is 280 g/mol. The summed E-state index contributed by atoms with van der Waals surface area (Å²) >= 11 is 10.5. The van der Waals surface area contributed by atoms with E-state index in [1.54, 1.807) is 6.20 Å². The van der Waals surface area contributed by atoms with E-state index >= 15 is 0 Å². The highest BCUT2D eigenvalue weighted by Crippen LogP contribution is 2.47. The smallest absolute Gasteiger partial charge is 0.145 e. The van der Waals surface area contributed by atoms with Crippen molar-refractivity contribution in [2.75, 3.05) is 12.4 Å². The number of hydrogen-bond donors (Lipinski definition) is 1. The van der Waals surface area contributed by atoms with Crippen LogP contribution >= 0.6 is 24.2 Å². The Hall–Kier alpha value is -0.930. The Balaban J connectivity index is 1.90. The largest absolute Gasteiger partial charge is 0.491 e. The Morgan fingerprint density at radius 2 is 2.17 bits per heavy atom. The van der Waals surface area contributed by atoms with Gasteiger partial charge in [0.2, 0.25) is 0 Å². The molecular weight excluding hydrogens is 266 g/mol. The Morgan fingerprint density at radius 1 is 1.33 bits per heavy atom. The monoisotopic (exact) mass is 279 g/mol. The first-order valence-corrected chi connectivity index (χ1v) is 7.02. The number of ether oxygens (including phenoxy) is 1. The second-order valence-electron chi connectivity index (χ2n) is 4.89. The summed E-state index contributed by atoms with van der Waals surface area (Å²) in [5, 5.41) is 1.65. The van der Waals surface area contributed by atoms with Crippen LogP contribution in [0.15, 0.2) is 30.5 Å². The number of aromatic nitrogens is 1. The molecular formula is C14H14ClNOS. The Kier molecular flexibility index (Phi) is 3.12. The van der Waals surface area contributed by atoms with E-state index in [4.69, 9.17) is 16.3 Å². The van der Waals surface area contributed by atoms with E-state index in [0.717, 1.165) is 22.4 Å². The van der Waals surface area contributed by atoms with Crippen molar-refractivity contribution in [2.24, 2.45) is 5.41 Å². The summed E-state index contributed by atoms with van der Waals surface area (Å²) in [4.78, 5) is 4.36. The number of thiol groups is 1. The molecule has 1 aromatic carbocycles. The lowest BCUT2D eigenvalue weighted by Gasteiger charge is -2.14. The molecule has 0 N–H and O–H groups in total. The molecule has 1 saturated carbocycles. The maximum Gasteiger partial charge on any atom is 0.145 e. The van der Waals surface area contributed by atoms with Gasteiger partial charge in [0.25, 0.3) is 0 Å². The number of hydrogen-bond acceptors (Lipinski definition) is 3. The predicted octanol–water partition coefficient (Wildman–Crippen LogP) is 3.98. The maximum absolute atomic E-state index is 6.15. The first-order valence-electron chi connectivity index (χ1n) is 6.01. The summed E-state index contributed by atoms with van der Waals surface area (Å²) in [6, 6.07) is 7.60. The molecule has 0 amide bonds. The van der Waals surface area contributed by atoms with Gasteiger partial charge >= 0.3 is 0 Å². The van der Waals surface area contributed by atoms with E-state index in [2.05, 4.69) is 17.6 Å². The number of benzene rings is 1. The van der Waals surface area contributed by atoms with Gasteiger partial charge in [0.05, 0.1) is 11.6 Å². The second-order valence-corrected chi connectivity index (χ2v) is 5.62. The number of fused-ring (bicyclic) bond motifs is 1. The lowest BCUT2D eigenvalue weighted by Crippen LogP contribution is -2.14. The quantitative estimate of drug-likeness (QED) is 0.855. The molecule has 1 aromatic heterocycles. The summed E-state index contributed by atoms with van der Waals surface area (Å²) < 4.78 is 5.92. The molecule has 2 nitrogen and oxygen atoms in total. The molecule has 4 heteroatoms. The molecule has 0 unspecified atom stereocenters. The Bertz CT molecular complexity index is 583. The van der Waals surface area contributed by atoms with Crippen molar-refractivity contribution >= 4 is 35.1 Å². The van der Waals surface area contributed by atoms with Crippen molar-refractivity contribution in [2.45, 2.75) is 12.8 Å². The summed E-state index contributed by atoms with van der Waals surface area (Å²) in [7, 11) is 0. The van der Waals surface area contributed by atoms with Crippen LogP contribution in [0.1, 0.15) is 12.8 Å². The maximum atomic E-state index is 6.15. The highest BCUT2D eigenvalue weighted by molar-refractivity contribution is 7.80. The zero-order chi connectivity index (χ0) is 12.6. The molecule has 0 saturated heterocycles. The molecule has 1 aliphatic rings. The van der Waals surface area contributed by atoms with Crippen LogP contribution in [0, 0.1) is 5.41 Å². The van der Waals surface area contributed by atoms with Crippen LogP contribution in [-0.2, 0) is 0 Å². The van der Waals surface area contributed by atoms with Gasteiger partial charge < -0.3 is 4.74 Å². The van der Waals surface area contributed by atoms with Crippen LogP contribution in [0.5, 0.6) is 5.75 Å². The van der Waals surface area contributed by atoms with Gasteiger partial charge in [-0.15, -0.1) is 0 Å². The molecule has 0 bridgehead atoms. The summed E-state index contributed by atoms with van der Waals surface area (Å²) in [5.74, 6) is 1.69. The molecule has 18 heavy (non-hydrogen) atoms. The van der Waals surface area contributed by atoms with Gasteiger partial charge in [-0.3, -0.25) is 4.98 Å². The third-order valence-corrected chi connectivity index (χ3v) is 4.51. The van der Waals surface area contributed by atoms with E-state index < -0.39 is 0 Å². The standard InChI is InChI=1S/C14H14ClNOS/c15-11-3-4-12(13-10(11)2-1-7-16-13)17-8-14(9-18)5-6-14/h1-4,7,18H,5-6,8-9H2. The minimum Gasteiger partial charge on any atom is -0.491 e. The minimum absolute atomic E-state index is 0.282. The molecule has 0 radical (unpaired) electrons. The molecule has 94 valence electrons. The van der Waals surface area contributed by atoms with Crippen molar-refractivity contribution < 1.29 is 4.74 Å². The highest BCUT2D eigenvalue weighted by Gasteiger charge is 2.42. The second kappa shape index (κ2) is 4.63. The molecule has 3 rings (SSSR count). The molecule has 1 aliphatic carbocycles. The number of pyridine rings is 1. The van der Waals surface area contributed by atoms with Gasteiger partial charge in [-0.1, -0.05) is 11.6 Å². The zero-order valence-corrected chi connectivity index (χ0v) is 11.5. The van der Waals surface area contributed by atoms with Gasteiger partial charge in [-0.25, -0.2) is 0 Å². The molecule has 1 heterocycles. The van der Waals surface area contributed by atoms with Crippen molar-refractivity contribution in [3.8, 4) is 5.75 Å². The first-order chi connectivity index (χ1) is 8.74. The number of nitrogens with zero attached hydrogens (tertiary/aromatic N) is 1. The fourth-order valence-electron chi connectivity index (χ4n) is 1.98. The normalized spacial score (nSPS) is 16.8. The average Bonchev–Trinajstić information content (AvgIpc) is 3.19. The Morgan fingerprint density at radius 3 is 2.89 bits per heavy atom. The van der Waals surface area contributed by atoms with Gasteiger partial charge in [0.15, 0.2) is 0 Å². The van der Waals surface area contributed by atoms with Crippen LogP contribution in [-0.4, -0.2) is 17.3 Å². The molecule has 0 aliphatic heterocycles. The van der Waals surface area contributed by atoms with E-state index in [1.165, 1.54) is 12.8 Å².